The number of nitrogens with two attached hydrogens (primary N) is 1. The smallest absolute Gasteiger partial charge is 0.251 e. The van der Waals surface area contributed by atoms with Crippen LogP contribution in [0.5, 0.6) is 5.75 Å². The van der Waals surface area contributed by atoms with E-state index in [2.05, 4.69) is 17.2 Å². The molecule has 112 valence electrons. The van der Waals surface area contributed by atoms with Crippen LogP contribution in [0, 0.1) is 11.8 Å². The largest absolute Gasteiger partial charge is 0.495 e. The molecule has 1 aliphatic rings. The summed E-state index contributed by atoms with van der Waals surface area (Å²) in [5.74, 6) is 6.18. The van der Waals surface area contributed by atoms with Gasteiger partial charge in [-0.25, -0.2) is 0 Å². The first-order valence-corrected chi connectivity index (χ1v) is 7.01. The zero-order valence-electron chi connectivity index (χ0n) is 12.1. The Labute approximate surface area is 124 Å². The molecule has 1 heterocycles. The Kier molecular flexibility index (Phi) is 5.61. The minimum atomic E-state index is -0.135. The van der Waals surface area contributed by atoms with Crippen molar-refractivity contribution in [2.45, 2.75) is 18.9 Å². The lowest BCUT2D eigenvalue weighted by molar-refractivity contribution is 0.0857. The van der Waals surface area contributed by atoms with Crippen LogP contribution >= 0.6 is 0 Å². The van der Waals surface area contributed by atoms with Crippen molar-refractivity contribution in [2.24, 2.45) is 5.73 Å². The first-order chi connectivity index (χ1) is 10.2. The van der Waals surface area contributed by atoms with Crippen molar-refractivity contribution in [3.8, 4) is 17.6 Å². The van der Waals surface area contributed by atoms with Crippen LogP contribution in [0.4, 0.5) is 0 Å². The van der Waals surface area contributed by atoms with Gasteiger partial charge in [0.25, 0.3) is 5.91 Å². The molecule has 3 N–H and O–H groups in total. The van der Waals surface area contributed by atoms with Gasteiger partial charge in [-0.2, -0.15) is 0 Å². The quantitative estimate of drug-likeness (QED) is 0.808. The fourth-order valence-corrected chi connectivity index (χ4v) is 2.21. The van der Waals surface area contributed by atoms with Crippen molar-refractivity contribution in [3.05, 3.63) is 29.3 Å². The monoisotopic (exact) mass is 288 g/mol. The molecule has 5 heteroatoms. The topological polar surface area (TPSA) is 73.6 Å². The third-order valence-corrected chi connectivity index (χ3v) is 3.30. The zero-order chi connectivity index (χ0) is 15.1. The molecular weight excluding hydrogens is 268 g/mol. The molecule has 1 amide bonds. The number of nitrogens with one attached hydrogen (secondary N) is 1. The van der Waals surface area contributed by atoms with Gasteiger partial charge >= 0.3 is 0 Å². The maximum absolute atomic E-state index is 12.1. The molecule has 0 saturated carbocycles. The molecule has 1 aromatic rings. The molecule has 1 unspecified atom stereocenters. The second-order valence-corrected chi connectivity index (χ2v) is 4.77. The molecule has 2 rings (SSSR count). The van der Waals surface area contributed by atoms with Gasteiger partial charge in [-0.15, -0.1) is 0 Å². The zero-order valence-corrected chi connectivity index (χ0v) is 12.1. The maximum atomic E-state index is 12.1. The predicted octanol–water partition coefficient (Wildman–Crippen LogP) is 0.914. The summed E-state index contributed by atoms with van der Waals surface area (Å²) in [6, 6.07) is 5.17. The minimum Gasteiger partial charge on any atom is -0.495 e. The van der Waals surface area contributed by atoms with Gasteiger partial charge in [0.1, 0.15) is 5.75 Å². The Bertz CT molecular complexity index is 554. The molecule has 0 bridgehead atoms. The van der Waals surface area contributed by atoms with E-state index < -0.39 is 0 Å². The molecular formula is C16H20N2O3. The van der Waals surface area contributed by atoms with Gasteiger partial charge in [-0.3, -0.25) is 4.79 Å². The van der Waals surface area contributed by atoms with Gasteiger partial charge in [-0.05, 0) is 31.0 Å². The molecule has 1 aliphatic heterocycles. The highest BCUT2D eigenvalue weighted by Crippen LogP contribution is 2.19. The maximum Gasteiger partial charge on any atom is 0.251 e. The fourth-order valence-electron chi connectivity index (χ4n) is 2.21. The molecule has 1 fully saturated rings. The Morgan fingerprint density at radius 2 is 2.43 bits per heavy atom. The molecule has 0 radical (unpaired) electrons. The Balaban J connectivity index is 2.05. The van der Waals surface area contributed by atoms with E-state index in [-0.39, 0.29) is 18.6 Å². The Hall–Kier alpha value is -2.03. The standard InChI is InChI=1S/C16H20N2O3/c1-20-15-7-6-13(10-12(15)4-2-8-17)16(19)18-11-14-5-3-9-21-14/h6-7,10,14H,3,5,8-9,11,17H2,1H3,(H,18,19). The predicted molar refractivity (Wildman–Crippen MR) is 80.2 cm³/mol. The third-order valence-electron chi connectivity index (χ3n) is 3.30. The number of methoxy groups -OCH3 is 1. The van der Waals surface area contributed by atoms with E-state index in [9.17, 15) is 4.79 Å². The van der Waals surface area contributed by atoms with E-state index >= 15 is 0 Å². The molecule has 0 aromatic heterocycles. The van der Waals surface area contributed by atoms with Crippen molar-refractivity contribution < 1.29 is 14.3 Å². The lowest BCUT2D eigenvalue weighted by atomic mass is 10.1. The Morgan fingerprint density at radius 1 is 1.57 bits per heavy atom. The number of carbonyl (C=O) groups is 1. The van der Waals surface area contributed by atoms with Crippen molar-refractivity contribution >= 4 is 5.91 Å². The molecule has 0 spiro atoms. The summed E-state index contributed by atoms with van der Waals surface area (Å²) in [5.41, 5.74) is 6.59. The number of ether oxygens (including phenoxy) is 2. The Morgan fingerprint density at radius 3 is 3.10 bits per heavy atom. The fraction of sp³-hybridized carbons (Fsp3) is 0.438. The first kappa shape index (κ1) is 15.4. The van der Waals surface area contributed by atoms with Gasteiger partial charge in [-0.1, -0.05) is 11.8 Å². The van der Waals surface area contributed by atoms with Crippen molar-refractivity contribution in [3.63, 3.8) is 0 Å². The number of carbonyl (C=O) groups excluding carboxylic acids is 1. The second kappa shape index (κ2) is 7.67. The van der Waals surface area contributed by atoms with Crippen LogP contribution < -0.4 is 15.8 Å². The third kappa shape index (κ3) is 4.22. The van der Waals surface area contributed by atoms with Gasteiger partial charge in [0.2, 0.25) is 0 Å². The molecule has 0 aliphatic carbocycles. The van der Waals surface area contributed by atoms with E-state index in [1.54, 1.807) is 25.3 Å². The average molecular weight is 288 g/mol. The van der Waals surface area contributed by atoms with Crippen LogP contribution in [0.2, 0.25) is 0 Å². The van der Waals surface area contributed by atoms with Crippen LogP contribution in [-0.4, -0.2) is 38.8 Å². The van der Waals surface area contributed by atoms with E-state index in [0.717, 1.165) is 19.4 Å². The number of amides is 1. The van der Waals surface area contributed by atoms with Crippen molar-refractivity contribution in [2.75, 3.05) is 26.8 Å². The summed E-state index contributed by atoms with van der Waals surface area (Å²) in [6.45, 7) is 1.58. The van der Waals surface area contributed by atoms with E-state index in [1.165, 1.54) is 0 Å². The highest BCUT2D eigenvalue weighted by atomic mass is 16.5. The lowest BCUT2D eigenvalue weighted by Crippen LogP contribution is -2.31. The SMILES string of the molecule is COc1ccc(C(=O)NCC2CCCO2)cc1C#CCN. The van der Waals surface area contributed by atoms with E-state index in [0.29, 0.717) is 23.4 Å². The highest BCUT2D eigenvalue weighted by Gasteiger charge is 2.17. The number of hydrogen-bond donors (Lipinski definition) is 2. The van der Waals surface area contributed by atoms with Crippen LogP contribution in [0.3, 0.4) is 0 Å². The molecule has 1 aromatic carbocycles. The van der Waals surface area contributed by atoms with Gasteiger partial charge in [0.15, 0.2) is 0 Å². The minimum absolute atomic E-state index is 0.128. The molecule has 21 heavy (non-hydrogen) atoms. The molecule has 1 atom stereocenters. The van der Waals surface area contributed by atoms with Crippen LogP contribution in [0.15, 0.2) is 18.2 Å². The summed E-state index contributed by atoms with van der Waals surface area (Å²) in [5, 5.41) is 2.88. The normalized spacial score (nSPS) is 17.0. The van der Waals surface area contributed by atoms with Gasteiger partial charge in [0.05, 0.1) is 25.3 Å². The average Bonchev–Trinajstić information content (AvgIpc) is 3.03. The lowest BCUT2D eigenvalue weighted by Gasteiger charge is -2.11. The van der Waals surface area contributed by atoms with Gasteiger partial charge in [0, 0.05) is 18.7 Å². The molecule has 1 saturated heterocycles. The first-order valence-electron chi connectivity index (χ1n) is 7.01. The highest BCUT2D eigenvalue weighted by molar-refractivity contribution is 5.94. The van der Waals surface area contributed by atoms with Crippen LogP contribution in [0.25, 0.3) is 0 Å². The number of benzene rings is 1. The number of rotatable bonds is 4. The summed E-state index contributed by atoms with van der Waals surface area (Å²) in [6.07, 6.45) is 2.18. The summed E-state index contributed by atoms with van der Waals surface area (Å²) < 4.78 is 10.7. The summed E-state index contributed by atoms with van der Waals surface area (Å²) in [7, 11) is 1.57. The van der Waals surface area contributed by atoms with Crippen molar-refractivity contribution in [1.82, 2.24) is 5.32 Å². The second-order valence-electron chi connectivity index (χ2n) is 4.77. The summed E-state index contributed by atoms with van der Waals surface area (Å²) in [4.78, 5) is 12.1. The van der Waals surface area contributed by atoms with E-state index in [1.807, 2.05) is 0 Å². The number of hydrogen-bond acceptors (Lipinski definition) is 4. The van der Waals surface area contributed by atoms with Gasteiger partial charge < -0.3 is 20.5 Å². The van der Waals surface area contributed by atoms with Crippen LogP contribution in [-0.2, 0) is 4.74 Å². The summed E-state index contributed by atoms with van der Waals surface area (Å²) >= 11 is 0. The van der Waals surface area contributed by atoms with Crippen molar-refractivity contribution in [1.29, 1.82) is 0 Å². The van der Waals surface area contributed by atoms with Crippen LogP contribution in [0.1, 0.15) is 28.8 Å². The van der Waals surface area contributed by atoms with E-state index in [4.69, 9.17) is 15.2 Å². The molecule has 5 nitrogen and oxygen atoms in total.